The van der Waals surface area contributed by atoms with Gasteiger partial charge in [-0.2, -0.15) is 0 Å². The van der Waals surface area contributed by atoms with Gasteiger partial charge in [-0.05, 0) is 141 Å². The van der Waals surface area contributed by atoms with Gasteiger partial charge in [0.05, 0.1) is 27.7 Å². The number of quaternary nitrogens is 1. The second-order valence-corrected chi connectivity index (χ2v) is 25.9. The van der Waals surface area contributed by atoms with Gasteiger partial charge in [-0.3, -0.25) is 14.2 Å². The van der Waals surface area contributed by atoms with Crippen molar-refractivity contribution in [3.8, 4) is 0 Å². The Morgan fingerprint density at radius 2 is 0.587 bits per heavy atom. The summed E-state index contributed by atoms with van der Waals surface area (Å²) in [7, 11) is 1.13. The normalized spacial score (nSPS) is 14.3. The largest absolute Gasteiger partial charge is 0.756 e. The van der Waals surface area contributed by atoms with E-state index in [1.807, 2.05) is 21.1 Å². The molecule has 0 spiro atoms. The Labute approximate surface area is 564 Å². The number of allylic oxidation sites excluding steroid dienone is 32. The van der Waals surface area contributed by atoms with E-state index < -0.39 is 32.5 Å². The van der Waals surface area contributed by atoms with Crippen LogP contribution in [-0.4, -0.2) is 70.0 Å². The standard InChI is InChI=1S/C82H132NO8P/c1-6-8-10-12-14-16-18-20-22-24-26-28-30-32-34-36-37-38-39-40-41-42-43-44-45-47-49-51-53-55-57-59-61-63-65-67-69-71-73-75-82(85)91-80(79-90-92(86,87)89-77-76-83(3,4)5)78-88-81(84)74-72-70-68-66-64-62-60-58-56-54-52-50-48-46-35-33-31-29-27-25-23-21-19-17-15-13-11-9-7-2/h8-11,14-17,20-23,26-29,32-35,37-38,40-41,43-44,47-50,53,55,80H,6-7,12-13,18-19,24-25,30-31,36,39,42,45-46,51-52,54,56-79H2,1-5H3/b10-8-,11-9-,16-14-,17-15-,22-20-,23-21-,28-26-,29-27-,34-32-,35-33-,38-37-,41-40-,44-43-,49-47-,50-48-,55-53-. The van der Waals surface area contributed by atoms with Crippen LogP contribution >= 0.6 is 7.82 Å². The number of phosphoric acid groups is 1. The van der Waals surface area contributed by atoms with E-state index in [-0.39, 0.29) is 26.1 Å². The molecule has 0 radical (unpaired) electrons. The molecule has 9 nitrogen and oxygen atoms in total. The van der Waals surface area contributed by atoms with Crippen LogP contribution in [-0.2, 0) is 32.7 Å². The molecule has 0 aliphatic rings. The summed E-state index contributed by atoms with van der Waals surface area (Å²) in [4.78, 5) is 38.1. The summed E-state index contributed by atoms with van der Waals surface area (Å²) in [5.41, 5.74) is 0. The number of nitrogens with zero attached hydrogens (tertiary/aromatic N) is 1. The van der Waals surface area contributed by atoms with Gasteiger partial charge in [0.1, 0.15) is 19.8 Å². The lowest BCUT2D eigenvalue weighted by molar-refractivity contribution is -0.870. The molecule has 518 valence electrons. The number of phosphoric ester groups is 1. The molecule has 0 heterocycles. The van der Waals surface area contributed by atoms with Crippen LogP contribution < -0.4 is 4.89 Å². The molecule has 0 aliphatic heterocycles. The number of unbranched alkanes of at least 4 members (excludes halogenated alkanes) is 18. The van der Waals surface area contributed by atoms with Crippen LogP contribution in [0.3, 0.4) is 0 Å². The lowest BCUT2D eigenvalue weighted by Crippen LogP contribution is -2.37. The molecule has 0 N–H and O–H groups in total. The summed E-state index contributed by atoms with van der Waals surface area (Å²) in [6.45, 7) is 3.98. The molecule has 0 saturated heterocycles. The lowest BCUT2D eigenvalue weighted by Gasteiger charge is -2.28. The van der Waals surface area contributed by atoms with Gasteiger partial charge in [-0.25, -0.2) is 0 Å². The highest BCUT2D eigenvalue weighted by atomic mass is 31.2. The van der Waals surface area contributed by atoms with Crippen molar-refractivity contribution in [1.82, 2.24) is 0 Å². The second-order valence-electron chi connectivity index (χ2n) is 24.5. The van der Waals surface area contributed by atoms with Crippen molar-refractivity contribution in [1.29, 1.82) is 0 Å². The van der Waals surface area contributed by atoms with Crippen LogP contribution in [0, 0.1) is 0 Å². The smallest absolute Gasteiger partial charge is 0.306 e. The van der Waals surface area contributed by atoms with E-state index in [0.717, 1.165) is 154 Å². The number of carbonyl (C=O) groups excluding carboxylic acids is 2. The van der Waals surface area contributed by atoms with Crippen molar-refractivity contribution in [2.75, 3.05) is 47.5 Å². The van der Waals surface area contributed by atoms with Gasteiger partial charge in [-0.1, -0.05) is 298 Å². The molecule has 10 heteroatoms. The maximum Gasteiger partial charge on any atom is 0.306 e. The van der Waals surface area contributed by atoms with Crippen LogP contribution in [0.5, 0.6) is 0 Å². The summed E-state index contributed by atoms with van der Waals surface area (Å²) in [6.07, 6.45) is 109. The molecule has 2 atom stereocenters. The number of rotatable bonds is 64. The van der Waals surface area contributed by atoms with Crippen LogP contribution in [0.25, 0.3) is 0 Å². The van der Waals surface area contributed by atoms with Crippen LogP contribution in [0.1, 0.15) is 258 Å². The molecule has 2 unspecified atom stereocenters. The molecule has 0 saturated carbocycles. The average Bonchev–Trinajstić information content (AvgIpc) is 2.14. The van der Waals surface area contributed by atoms with Gasteiger partial charge >= 0.3 is 11.9 Å². The monoisotopic (exact) mass is 1290 g/mol. The van der Waals surface area contributed by atoms with Crippen LogP contribution in [0.4, 0.5) is 0 Å². The molecule has 0 fully saturated rings. The molecular weight excluding hydrogens is 1160 g/mol. The second kappa shape index (κ2) is 70.2. The zero-order valence-corrected chi connectivity index (χ0v) is 59.8. The summed E-state index contributed by atoms with van der Waals surface area (Å²) < 4.78 is 34.3. The number of ether oxygens (including phenoxy) is 2. The molecule has 0 bridgehead atoms. The lowest BCUT2D eigenvalue weighted by atomic mass is 10.1. The first-order valence-corrected chi connectivity index (χ1v) is 37.6. The van der Waals surface area contributed by atoms with Gasteiger partial charge in [0.2, 0.25) is 0 Å². The first-order chi connectivity index (χ1) is 45.0. The van der Waals surface area contributed by atoms with Gasteiger partial charge < -0.3 is 27.9 Å². The Morgan fingerprint density at radius 3 is 0.870 bits per heavy atom. The maximum atomic E-state index is 12.9. The number of hydrogen-bond acceptors (Lipinski definition) is 8. The van der Waals surface area contributed by atoms with Crippen molar-refractivity contribution in [2.45, 2.75) is 264 Å². The van der Waals surface area contributed by atoms with Gasteiger partial charge in [0.15, 0.2) is 6.10 Å². The van der Waals surface area contributed by atoms with Gasteiger partial charge in [-0.15, -0.1) is 0 Å². The fourth-order valence-corrected chi connectivity index (χ4v) is 9.89. The zero-order valence-electron chi connectivity index (χ0n) is 58.9. The quantitative estimate of drug-likeness (QED) is 0.0195. The van der Waals surface area contributed by atoms with E-state index in [4.69, 9.17) is 18.5 Å². The van der Waals surface area contributed by atoms with E-state index in [9.17, 15) is 19.0 Å². The Hall–Kier alpha value is -5.15. The molecule has 0 aromatic carbocycles. The third-order valence-electron chi connectivity index (χ3n) is 14.6. The third-order valence-corrected chi connectivity index (χ3v) is 15.6. The van der Waals surface area contributed by atoms with Crippen LogP contribution in [0.2, 0.25) is 0 Å². The predicted octanol–water partition coefficient (Wildman–Crippen LogP) is 23.4. The minimum absolute atomic E-state index is 0.0435. The Kier molecular flexibility index (Phi) is 66.2. The van der Waals surface area contributed by atoms with E-state index in [2.05, 4.69) is 208 Å². The molecule has 0 aromatic heterocycles. The zero-order chi connectivity index (χ0) is 66.9. The number of hydrogen-bond donors (Lipinski definition) is 0. The number of carbonyl (C=O) groups is 2. The predicted molar refractivity (Wildman–Crippen MR) is 396 cm³/mol. The fraction of sp³-hybridized carbons (Fsp3) is 0.585. The number of likely N-dealkylation sites (N-methyl/N-ethyl adjacent to an activating group) is 1. The Balaban J connectivity index is 4.15. The molecule has 0 aliphatic carbocycles. The van der Waals surface area contributed by atoms with Crippen molar-refractivity contribution in [3.63, 3.8) is 0 Å². The van der Waals surface area contributed by atoms with E-state index >= 15 is 0 Å². The topological polar surface area (TPSA) is 111 Å². The van der Waals surface area contributed by atoms with E-state index in [0.29, 0.717) is 23.9 Å². The maximum absolute atomic E-state index is 12.9. The molecule has 0 amide bonds. The van der Waals surface area contributed by atoms with E-state index in [1.54, 1.807) is 0 Å². The van der Waals surface area contributed by atoms with Crippen molar-refractivity contribution < 1.29 is 42.1 Å². The Bertz CT molecular complexity index is 2260. The molecule has 0 aromatic rings. The summed E-state index contributed by atoms with van der Waals surface area (Å²) >= 11 is 0. The SMILES string of the molecule is CC/C=C\C/C=C\C/C=C\C/C=C\C/C=C\C/C=C\C/C=C\C/C=C\C/C=C\C/C=C\CCCCCCCCCCC(=O)OC(COC(=O)CCCCCCCCCCCC/C=C\C/C=C\C/C=C\C/C=C\C/C=C\C/C=C\CC)COP(=O)([O-])OCC[N+](C)(C)C. The average molecular weight is 1290 g/mol. The fourth-order valence-electron chi connectivity index (χ4n) is 9.16. The Morgan fingerprint density at radius 1 is 0.337 bits per heavy atom. The van der Waals surface area contributed by atoms with Crippen molar-refractivity contribution in [3.05, 3.63) is 194 Å². The first-order valence-electron chi connectivity index (χ1n) is 36.1. The first kappa shape index (κ1) is 86.9. The summed E-state index contributed by atoms with van der Waals surface area (Å²) in [5, 5.41) is 0. The highest BCUT2D eigenvalue weighted by molar-refractivity contribution is 7.45. The highest BCUT2D eigenvalue weighted by Gasteiger charge is 2.22. The van der Waals surface area contributed by atoms with Crippen LogP contribution in [0.15, 0.2) is 194 Å². The van der Waals surface area contributed by atoms with Crippen molar-refractivity contribution in [2.24, 2.45) is 0 Å². The third kappa shape index (κ3) is 73.9. The minimum Gasteiger partial charge on any atom is -0.756 e. The van der Waals surface area contributed by atoms with Crippen molar-refractivity contribution >= 4 is 19.8 Å². The highest BCUT2D eigenvalue weighted by Crippen LogP contribution is 2.38. The summed E-state index contributed by atoms with van der Waals surface area (Å²) in [5.74, 6) is -0.859. The minimum atomic E-state index is -4.66. The molecule has 92 heavy (non-hydrogen) atoms. The molecular formula is C82H132NO8P. The number of esters is 2. The summed E-state index contributed by atoms with van der Waals surface area (Å²) in [6, 6.07) is 0. The van der Waals surface area contributed by atoms with Gasteiger partial charge in [0, 0.05) is 12.8 Å². The van der Waals surface area contributed by atoms with E-state index in [1.165, 1.54) is 64.2 Å². The van der Waals surface area contributed by atoms with Gasteiger partial charge in [0.25, 0.3) is 7.82 Å². The molecule has 0 rings (SSSR count).